The van der Waals surface area contributed by atoms with Gasteiger partial charge in [-0.05, 0) is 52.9 Å². The van der Waals surface area contributed by atoms with Crippen LogP contribution in [0.1, 0.15) is 18.4 Å². The number of halogens is 1. The Balaban J connectivity index is 2.10. The Morgan fingerprint density at radius 3 is 2.83 bits per heavy atom. The van der Waals surface area contributed by atoms with Crippen LogP contribution in [-0.4, -0.2) is 11.5 Å². The maximum Gasteiger partial charge on any atom is 0.0595 e. The lowest BCUT2D eigenvalue weighted by Crippen LogP contribution is -2.18. The highest BCUT2D eigenvalue weighted by molar-refractivity contribution is 9.10. The van der Waals surface area contributed by atoms with E-state index < -0.39 is 0 Å². The first kappa shape index (κ1) is 11.7. The van der Waals surface area contributed by atoms with Crippen LogP contribution in [0.25, 0.3) is 0 Å². The van der Waals surface area contributed by atoms with Crippen LogP contribution in [-0.2, 0) is 6.42 Å². The number of anilines is 2. The predicted octanol–water partition coefficient (Wildman–Crippen LogP) is 4.32. The third-order valence-electron chi connectivity index (χ3n) is 3.40. The molecule has 0 unspecified atom stereocenters. The van der Waals surface area contributed by atoms with Crippen LogP contribution < -0.4 is 4.90 Å². The summed E-state index contributed by atoms with van der Waals surface area (Å²) < 4.78 is 1.06. The molecule has 3 heteroatoms. The molecular formula is C15H15BrN2. The second-order valence-electron chi connectivity index (χ2n) is 4.56. The van der Waals surface area contributed by atoms with Crippen LogP contribution in [0.2, 0.25) is 0 Å². The Hall–Kier alpha value is -1.35. The highest BCUT2D eigenvalue weighted by Gasteiger charge is 2.17. The van der Waals surface area contributed by atoms with Crippen molar-refractivity contribution in [2.45, 2.75) is 19.3 Å². The van der Waals surface area contributed by atoms with Crippen molar-refractivity contribution in [1.29, 1.82) is 0 Å². The van der Waals surface area contributed by atoms with Gasteiger partial charge < -0.3 is 4.90 Å². The molecule has 92 valence electrons. The van der Waals surface area contributed by atoms with Crippen LogP contribution in [0.15, 0.2) is 47.2 Å². The topological polar surface area (TPSA) is 16.1 Å². The number of aromatic nitrogens is 1. The minimum Gasteiger partial charge on any atom is -0.340 e. The van der Waals surface area contributed by atoms with Crippen LogP contribution in [0.4, 0.5) is 11.4 Å². The lowest BCUT2D eigenvalue weighted by atomic mass is 10.1. The molecule has 0 N–H and O–H groups in total. The average molecular weight is 303 g/mol. The summed E-state index contributed by atoms with van der Waals surface area (Å²) >= 11 is 3.60. The molecule has 0 bridgehead atoms. The fourth-order valence-corrected chi connectivity index (χ4v) is 2.99. The molecule has 0 atom stereocenters. The molecule has 2 heterocycles. The minimum absolute atomic E-state index is 1.06. The van der Waals surface area contributed by atoms with E-state index in [4.69, 9.17) is 0 Å². The average Bonchev–Trinajstić information content (AvgIpc) is 2.62. The first-order valence-corrected chi connectivity index (χ1v) is 7.10. The predicted molar refractivity (Wildman–Crippen MR) is 78.3 cm³/mol. The zero-order chi connectivity index (χ0) is 12.4. The van der Waals surface area contributed by atoms with Crippen molar-refractivity contribution >= 4 is 27.3 Å². The normalized spacial score (nSPS) is 15.1. The van der Waals surface area contributed by atoms with E-state index in [-0.39, 0.29) is 0 Å². The molecule has 2 nitrogen and oxygen atoms in total. The molecule has 0 amide bonds. The summed E-state index contributed by atoms with van der Waals surface area (Å²) in [4.78, 5) is 6.54. The number of nitrogens with zero attached hydrogens (tertiary/aromatic N) is 2. The van der Waals surface area contributed by atoms with Gasteiger partial charge in [-0.3, -0.25) is 4.98 Å². The van der Waals surface area contributed by atoms with Crippen molar-refractivity contribution in [3.05, 3.63) is 52.8 Å². The van der Waals surface area contributed by atoms with E-state index >= 15 is 0 Å². The molecule has 3 rings (SSSR count). The van der Waals surface area contributed by atoms with Crippen molar-refractivity contribution in [2.24, 2.45) is 0 Å². The zero-order valence-corrected chi connectivity index (χ0v) is 11.7. The van der Waals surface area contributed by atoms with E-state index in [2.05, 4.69) is 56.1 Å². The molecule has 0 aliphatic carbocycles. The lowest BCUT2D eigenvalue weighted by Gasteiger charge is -2.25. The van der Waals surface area contributed by atoms with Crippen molar-refractivity contribution in [3.8, 4) is 0 Å². The number of aryl methyl sites for hydroxylation is 1. The summed E-state index contributed by atoms with van der Waals surface area (Å²) in [7, 11) is 0. The zero-order valence-electron chi connectivity index (χ0n) is 10.1. The van der Waals surface area contributed by atoms with Gasteiger partial charge in [-0.1, -0.05) is 18.2 Å². The van der Waals surface area contributed by atoms with E-state index in [0.29, 0.717) is 0 Å². The van der Waals surface area contributed by atoms with Crippen LogP contribution in [0.5, 0.6) is 0 Å². The quantitative estimate of drug-likeness (QED) is 0.780. The fourth-order valence-electron chi connectivity index (χ4n) is 2.53. The highest BCUT2D eigenvalue weighted by Crippen LogP contribution is 2.35. The Labute approximate surface area is 116 Å². The van der Waals surface area contributed by atoms with Gasteiger partial charge >= 0.3 is 0 Å². The van der Waals surface area contributed by atoms with Gasteiger partial charge in [0.2, 0.25) is 0 Å². The monoisotopic (exact) mass is 302 g/mol. The van der Waals surface area contributed by atoms with Gasteiger partial charge in [-0.2, -0.15) is 0 Å². The molecule has 0 radical (unpaired) electrons. The molecule has 0 fully saturated rings. The SMILES string of the molecule is Brc1cnccc1N1CCCCc2ccccc21. The summed E-state index contributed by atoms with van der Waals surface area (Å²) in [5, 5.41) is 0. The minimum atomic E-state index is 1.06. The summed E-state index contributed by atoms with van der Waals surface area (Å²) in [6.07, 6.45) is 7.38. The maximum atomic E-state index is 4.15. The van der Waals surface area contributed by atoms with Crippen molar-refractivity contribution < 1.29 is 0 Å². The van der Waals surface area contributed by atoms with E-state index in [1.54, 1.807) is 0 Å². The molecular weight excluding hydrogens is 288 g/mol. The number of para-hydroxylation sites is 1. The number of benzene rings is 1. The third-order valence-corrected chi connectivity index (χ3v) is 4.01. The molecule has 2 aromatic rings. The first-order chi connectivity index (χ1) is 8.86. The van der Waals surface area contributed by atoms with Gasteiger partial charge in [0.05, 0.1) is 10.2 Å². The van der Waals surface area contributed by atoms with Crippen molar-refractivity contribution in [1.82, 2.24) is 4.98 Å². The molecule has 0 spiro atoms. The van der Waals surface area contributed by atoms with E-state index in [9.17, 15) is 0 Å². The number of pyridine rings is 1. The Kier molecular flexibility index (Phi) is 3.33. The summed E-state index contributed by atoms with van der Waals surface area (Å²) in [5.41, 5.74) is 3.99. The van der Waals surface area contributed by atoms with Crippen LogP contribution in [0.3, 0.4) is 0 Å². The molecule has 1 aromatic heterocycles. The molecule has 18 heavy (non-hydrogen) atoms. The van der Waals surface area contributed by atoms with Gasteiger partial charge in [-0.25, -0.2) is 0 Å². The smallest absolute Gasteiger partial charge is 0.0595 e. The van der Waals surface area contributed by atoms with E-state index in [0.717, 1.165) is 11.0 Å². The number of fused-ring (bicyclic) bond motifs is 1. The number of hydrogen-bond acceptors (Lipinski definition) is 2. The van der Waals surface area contributed by atoms with Gasteiger partial charge in [0.25, 0.3) is 0 Å². The fraction of sp³-hybridized carbons (Fsp3) is 0.267. The number of hydrogen-bond donors (Lipinski definition) is 0. The maximum absolute atomic E-state index is 4.15. The van der Waals surface area contributed by atoms with Gasteiger partial charge in [0.15, 0.2) is 0 Å². The second kappa shape index (κ2) is 5.11. The van der Waals surface area contributed by atoms with Gasteiger partial charge in [0, 0.05) is 24.6 Å². The van der Waals surface area contributed by atoms with Crippen molar-refractivity contribution in [3.63, 3.8) is 0 Å². The Morgan fingerprint density at radius 1 is 1.06 bits per heavy atom. The van der Waals surface area contributed by atoms with Crippen LogP contribution in [0, 0.1) is 0 Å². The number of rotatable bonds is 1. The molecule has 1 aromatic carbocycles. The molecule has 0 saturated heterocycles. The van der Waals surface area contributed by atoms with E-state index in [1.807, 2.05) is 12.4 Å². The second-order valence-corrected chi connectivity index (χ2v) is 5.42. The Bertz CT molecular complexity index is 554. The Morgan fingerprint density at radius 2 is 1.94 bits per heavy atom. The summed E-state index contributed by atoms with van der Waals surface area (Å²) in [6, 6.07) is 10.8. The molecule has 1 aliphatic heterocycles. The standard InChI is InChI=1S/C15H15BrN2/c16-13-11-17-9-8-15(13)18-10-4-3-6-12-5-1-2-7-14(12)18/h1-2,5,7-9,11H,3-4,6,10H2. The third kappa shape index (κ3) is 2.15. The van der Waals surface area contributed by atoms with Gasteiger partial charge in [-0.15, -0.1) is 0 Å². The van der Waals surface area contributed by atoms with Crippen molar-refractivity contribution in [2.75, 3.05) is 11.4 Å². The lowest BCUT2D eigenvalue weighted by molar-refractivity contribution is 0.760. The largest absolute Gasteiger partial charge is 0.340 e. The highest BCUT2D eigenvalue weighted by atomic mass is 79.9. The van der Waals surface area contributed by atoms with E-state index in [1.165, 1.54) is 36.2 Å². The molecule has 0 saturated carbocycles. The molecule has 1 aliphatic rings. The first-order valence-electron chi connectivity index (χ1n) is 6.31. The van der Waals surface area contributed by atoms with Crippen LogP contribution >= 0.6 is 15.9 Å². The summed E-state index contributed by atoms with van der Waals surface area (Å²) in [5.74, 6) is 0. The van der Waals surface area contributed by atoms with Gasteiger partial charge in [0.1, 0.15) is 0 Å². The summed E-state index contributed by atoms with van der Waals surface area (Å²) in [6.45, 7) is 1.07.